The Hall–Kier alpha value is -0.730. The van der Waals surface area contributed by atoms with E-state index < -0.39 is 18.9 Å². The van der Waals surface area contributed by atoms with E-state index in [1.807, 2.05) is 0 Å². The zero-order valence-electron chi connectivity index (χ0n) is 7.91. The number of rotatable bonds is 4. The Bertz CT molecular complexity index is 354. The molecule has 0 N–H and O–H groups in total. The fraction of sp³-hybridized carbons (Fsp3) is 0.500. The molecule has 15 heavy (non-hydrogen) atoms. The summed E-state index contributed by atoms with van der Waals surface area (Å²) in [6.45, 7) is 1.40. The molecule has 0 aliphatic rings. The number of nitrogens with zero attached hydrogens (tertiary/aromatic N) is 2. The van der Waals surface area contributed by atoms with Crippen molar-refractivity contribution in [1.29, 1.82) is 0 Å². The molecule has 7 heteroatoms. The van der Waals surface area contributed by atoms with Crippen molar-refractivity contribution in [3.05, 3.63) is 15.5 Å². The van der Waals surface area contributed by atoms with Crippen molar-refractivity contribution in [3.8, 4) is 0 Å². The molecule has 0 atom stereocenters. The highest BCUT2D eigenvalue weighted by atomic mass is 127. The Kier molecular flexibility index (Phi) is 4.43. The van der Waals surface area contributed by atoms with Gasteiger partial charge in [0.05, 0.1) is 6.61 Å². The highest BCUT2D eigenvalue weighted by molar-refractivity contribution is 14.1. The molecule has 1 rings (SSSR count). The van der Waals surface area contributed by atoms with E-state index in [2.05, 4.69) is 5.10 Å². The minimum Gasteiger partial charge on any atom is -0.462 e. The van der Waals surface area contributed by atoms with Crippen LogP contribution in [0, 0.1) is 3.70 Å². The second-order valence-electron chi connectivity index (χ2n) is 2.67. The standard InChI is InChI=1S/C8H9F2IN2O2/c1-2-15-8(14)5-3-13(4-6(9)10)12-7(5)11/h3,6H,2,4H2,1H3. The van der Waals surface area contributed by atoms with Crippen molar-refractivity contribution in [2.24, 2.45) is 0 Å². The lowest BCUT2D eigenvalue weighted by Crippen LogP contribution is -2.07. The van der Waals surface area contributed by atoms with Gasteiger partial charge in [-0.15, -0.1) is 0 Å². The molecule has 0 radical (unpaired) electrons. The van der Waals surface area contributed by atoms with E-state index in [9.17, 15) is 13.6 Å². The van der Waals surface area contributed by atoms with Gasteiger partial charge in [0.15, 0.2) is 0 Å². The van der Waals surface area contributed by atoms with Gasteiger partial charge in [-0.3, -0.25) is 4.68 Å². The van der Waals surface area contributed by atoms with Crippen LogP contribution in [0.1, 0.15) is 17.3 Å². The molecule has 0 bridgehead atoms. The summed E-state index contributed by atoms with van der Waals surface area (Å²) in [6, 6.07) is 0. The van der Waals surface area contributed by atoms with Crippen LogP contribution in [0.3, 0.4) is 0 Å². The van der Waals surface area contributed by atoms with E-state index in [-0.39, 0.29) is 12.2 Å². The maximum absolute atomic E-state index is 12.0. The molecule has 1 heterocycles. The van der Waals surface area contributed by atoms with E-state index >= 15 is 0 Å². The summed E-state index contributed by atoms with van der Waals surface area (Å²) >= 11 is 1.81. The maximum Gasteiger partial charge on any atom is 0.342 e. The number of aromatic nitrogens is 2. The smallest absolute Gasteiger partial charge is 0.342 e. The summed E-state index contributed by atoms with van der Waals surface area (Å²) in [5.41, 5.74) is 0.220. The number of hydrogen-bond donors (Lipinski definition) is 0. The van der Waals surface area contributed by atoms with Crippen molar-refractivity contribution in [1.82, 2.24) is 9.78 Å². The van der Waals surface area contributed by atoms with Gasteiger partial charge in [0, 0.05) is 6.20 Å². The van der Waals surface area contributed by atoms with Gasteiger partial charge in [-0.25, -0.2) is 13.6 Å². The minimum absolute atomic E-state index is 0.220. The summed E-state index contributed by atoms with van der Waals surface area (Å²) < 4.78 is 30.2. The largest absolute Gasteiger partial charge is 0.462 e. The van der Waals surface area contributed by atoms with Crippen LogP contribution < -0.4 is 0 Å². The Morgan fingerprint density at radius 1 is 1.73 bits per heavy atom. The van der Waals surface area contributed by atoms with Gasteiger partial charge >= 0.3 is 5.97 Å². The third-order valence-electron chi connectivity index (χ3n) is 1.54. The van der Waals surface area contributed by atoms with E-state index in [0.717, 1.165) is 4.68 Å². The Morgan fingerprint density at radius 2 is 2.40 bits per heavy atom. The second-order valence-corrected chi connectivity index (χ2v) is 3.69. The van der Waals surface area contributed by atoms with Crippen molar-refractivity contribution in [2.45, 2.75) is 19.9 Å². The lowest BCUT2D eigenvalue weighted by atomic mass is 10.4. The number of carbonyl (C=O) groups is 1. The molecule has 1 aromatic rings. The molecular formula is C8H9F2IN2O2. The molecule has 0 amide bonds. The predicted molar refractivity (Wildman–Crippen MR) is 56.9 cm³/mol. The average molecular weight is 330 g/mol. The molecule has 84 valence electrons. The Morgan fingerprint density at radius 3 is 2.93 bits per heavy atom. The number of carbonyl (C=O) groups excluding carboxylic acids is 1. The second kappa shape index (κ2) is 5.38. The summed E-state index contributed by atoms with van der Waals surface area (Å²) in [5, 5.41) is 3.78. The molecule has 0 saturated heterocycles. The first kappa shape index (κ1) is 12.3. The van der Waals surface area contributed by atoms with E-state index in [1.165, 1.54) is 6.20 Å². The Balaban J connectivity index is 2.81. The third-order valence-corrected chi connectivity index (χ3v) is 2.33. The summed E-state index contributed by atoms with van der Waals surface area (Å²) in [4.78, 5) is 11.3. The van der Waals surface area contributed by atoms with Gasteiger partial charge < -0.3 is 4.74 Å². The molecular weight excluding hydrogens is 321 g/mol. The van der Waals surface area contributed by atoms with Crippen molar-refractivity contribution >= 4 is 28.6 Å². The zero-order chi connectivity index (χ0) is 11.4. The van der Waals surface area contributed by atoms with Crippen LogP contribution in [-0.4, -0.2) is 28.8 Å². The van der Waals surface area contributed by atoms with Gasteiger partial charge in [-0.1, -0.05) is 0 Å². The zero-order valence-corrected chi connectivity index (χ0v) is 10.1. The molecule has 0 aromatic carbocycles. The van der Waals surface area contributed by atoms with Crippen LogP contribution in [0.15, 0.2) is 6.20 Å². The molecule has 0 fully saturated rings. The number of halogens is 3. The van der Waals surface area contributed by atoms with Crippen LogP contribution >= 0.6 is 22.6 Å². The fourth-order valence-electron chi connectivity index (χ4n) is 0.978. The van der Waals surface area contributed by atoms with Gasteiger partial charge in [0.2, 0.25) is 0 Å². The van der Waals surface area contributed by atoms with Crippen molar-refractivity contribution in [3.63, 3.8) is 0 Å². The van der Waals surface area contributed by atoms with Crippen LogP contribution in [0.5, 0.6) is 0 Å². The minimum atomic E-state index is -2.49. The monoisotopic (exact) mass is 330 g/mol. The molecule has 4 nitrogen and oxygen atoms in total. The number of hydrogen-bond acceptors (Lipinski definition) is 3. The summed E-state index contributed by atoms with van der Waals surface area (Å²) in [7, 11) is 0. The Labute approximate surface area is 98.7 Å². The van der Waals surface area contributed by atoms with Gasteiger partial charge in [0.1, 0.15) is 15.8 Å². The first-order chi connectivity index (χ1) is 7.04. The maximum atomic E-state index is 12.0. The van der Waals surface area contributed by atoms with Crippen LogP contribution in [0.25, 0.3) is 0 Å². The topological polar surface area (TPSA) is 44.1 Å². The van der Waals surface area contributed by atoms with Crippen molar-refractivity contribution < 1.29 is 18.3 Å². The number of ether oxygens (including phenoxy) is 1. The highest BCUT2D eigenvalue weighted by Gasteiger charge is 2.16. The van der Waals surface area contributed by atoms with Crippen LogP contribution in [0.2, 0.25) is 0 Å². The first-order valence-electron chi connectivity index (χ1n) is 4.22. The average Bonchev–Trinajstić information content (AvgIpc) is 2.46. The SMILES string of the molecule is CCOC(=O)c1cn(CC(F)F)nc1I. The summed E-state index contributed by atoms with van der Waals surface area (Å²) in [6.07, 6.45) is -1.22. The predicted octanol–water partition coefficient (Wildman–Crippen LogP) is 1.93. The quantitative estimate of drug-likeness (QED) is 0.626. The number of esters is 1. The normalized spacial score (nSPS) is 10.7. The van der Waals surface area contributed by atoms with Crippen LogP contribution in [0.4, 0.5) is 8.78 Å². The molecule has 0 aliphatic heterocycles. The van der Waals surface area contributed by atoms with E-state index in [1.54, 1.807) is 29.5 Å². The molecule has 0 spiro atoms. The third kappa shape index (κ3) is 3.40. The lowest BCUT2D eigenvalue weighted by molar-refractivity contribution is 0.0524. The lowest BCUT2D eigenvalue weighted by Gasteiger charge is -1.98. The number of alkyl halides is 2. The van der Waals surface area contributed by atoms with E-state index in [4.69, 9.17) is 4.74 Å². The summed E-state index contributed by atoms with van der Waals surface area (Å²) in [5.74, 6) is -0.539. The van der Waals surface area contributed by atoms with Gasteiger partial charge in [0.25, 0.3) is 6.43 Å². The fourth-order valence-corrected chi connectivity index (χ4v) is 1.62. The van der Waals surface area contributed by atoms with Crippen LogP contribution in [-0.2, 0) is 11.3 Å². The highest BCUT2D eigenvalue weighted by Crippen LogP contribution is 2.12. The molecule has 1 aromatic heterocycles. The molecule has 0 saturated carbocycles. The van der Waals surface area contributed by atoms with Gasteiger partial charge in [-0.05, 0) is 29.5 Å². The van der Waals surface area contributed by atoms with E-state index in [0.29, 0.717) is 3.70 Å². The van der Waals surface area contributed by atoms with Gasteiger partial charge in [-0.2, -0.15) is 5.10 Å². The van der Waals surface area contributed by atoms with Crippen molar-refractivity contribution in [2.75, 3.05) is 6.61 Å². The molecule has 0 aliphatic carbocycles. The first-order valence-corrected chi connectivity index (χ1v) is 5.30. The molecule has 0 unspecified atom stereocenters.